The number of esters is 2. The topological polar surface area (TPSA) is 71.1 Å². The number of hydrogen-bond donors (Lipinski definition) is 0. The van der Waals surface area contributed by atoms with Crippen molar-refractivity contribution in [3.63, 3.8) is 0 Å². The van der Waals surface area contributed by atoms with Gasteiger partial charge in [-0.1, -0.05) is 67.1 Å². The van der Waals surface area contributed by atoms with E-state index in [-0.39, 0.29) is 11.9 Å². The van der Waals surface area contributed by atoms with Crippen molar-refractivity contribution in [1.82, 2.24) is 0 Å². The molecule has 0 saturated carbocycles. The normalized spacial score (nSPS) is 11.7. The second-order valence-corrected chi connectivity index (χ2v) is 9.58. The molecule has 0 aliphatic rings. The summed E-state index contributed by atoms with van der Waals surface area (Å²) >= 11 is 0. The molecule has 0 bridgehead atoms. The van der Waals surface area contributed by atoms with E-state index < -0.39 is 0 Å². The highest BCUT2D eigenvalue weighted by molar-refractivity contribution is 5.89. The van der Waals surface area contributed by atoms with Crippen LogP contribution in [0.15, 0.2) is 91.0 Å². The molecule has 3 rings (SSSR count). The molecule has 0 saturated heterocycles. The third kappa shape index (κ3) is 11.0. The number of methoxy groups -OCH3 is 2. The summed E-state index contributed by atoms with van der Waals surface area (Å²) in [6.07, 6.45) is 9.96. The number of carbonyl (C=O) groups is 2. The monoisotopic (exact) mass is 544 g/mol. The van der Waals surface area contributed by atoms with Gasteiger partial charge in [0.2, 0.25) is 0 Å². The number of carbonyl (C=O) groups excluding carboxylic acids is 2. The third-order valence-electron chi connectivity index (χ3n) is 6.58. The van der Waals surface area contributed by atoms with Crippen LogP contribution in [0, 0.1) is 5.92 Å². The summed E-state index contributed by atoms with van der Waals surface area (Å²) in [4.78, 5) is 23.3. The van der Waals surface area contributed by atoms with Crippen molar-refractivity contribution < 1.29 is 28.5 Å². The fraction of sp³-hybridized carbons (Fsp3) is 0.353. The molecular weight excluding hydrogens is 504 g/mol. The highest BCUT2D eigenvalue weighted by atomic mass is 16.5. The lowest BCUT2D eigenvalue weighted by atomic mass is 9.92. The van der Waals surface area contributed by atoms with Gasteiger partial charge >= 0.3 is 11.9 Å². The Morgan fingerprint density at radius 2 is 1.50 bits per heavy atom. The van der Waals surface area contributed by atoms with E-state index >= 15 is 0 Å². The van der Waals surface area contributed by atoms with Crippen molar-refractivity contribution in [3.8, 4) is 11.5 Å². The van der Waals surface area contributed by atoms with Crippen molar-refractivity contribution in [2.45, 2.75) is 44.9 Å². The molecule has 0 amide bonds. The van der Waals surface area contributed by atoms with Crippen LogP contribution in [0.4, 0.5) is 0 Å². The van der Waals surface area contributed by atoms with Gasteiger partial charge < -0.3 is 18.9 Å². The van der Waals surface area contributed by atoms with Gasteiger partial charge in [-0.2, -0.15) is 0 Å². The predicted molar refractivity (Wildman–Crippen MR) is 157 cm³/mol. The Hall–Kier alpha value is -4.06. The van der Waals surface area contributed by atoms with E-state index in [1.54, 1.807) is 12.1 Å². The average molecular weight is 545 g/mol. The Kier molecular flexibility index (Phi) is 13.3. The molecule has 40 heavy (non-hydrogen) atoms. The quantitative estimate of drug-likeness (QED) is 0.103. The standard InChI is InChI=1S/C34H40O6/c1-37-33(35)19-9-6-12-27(26-28-20-22-30(23-21-28)34(36)38-2)13-10-15-29-14-7-8-18-32(29)40-25-11-24-39-31-16-4-3-5-17-31/h3-5,7-8,10,13-14,16-18,20-23,27H,6,9,11-12,15,19,24-26H2,1-2H3. The van der Waals surface area contributed by atoms with Crippen LogP contribution in [0.2, 0.25) is 0 Å². The lowest BCUT2D eigenvalue weighted by molar-refractivity contribution is -0.140. The van der Waals surface area contributed by atoms with Gasteiger partial charge in [-0.25, -0.2) is 4.79 Å². The fourth-order valence-corrected chi connectivity index (χ4v) is 4.39. The summed E-state index contributed by atoms with van der Waals surface area (Å²) in [7, 11) is 2.81. The maximum Gasteiger partial charge on any atom is 0.337 e. The van der Waals surface area contributed by atoms with E-state index in [9.17, 15) is 9.59 Å². The number of para-hydroxylation sites is 2. The molecule has 1 atom stereocenters. The second kappa shape index (κ2) is 17.5. The van der Waals surface area contributed by atoms with Gasteiger partial charge in [0.15, 0.2) is 0 Å². The SMILES string of the molecule is COC(=O)CCCCC(C=CCc1ccccc1OCCCOc1ccccc1)Cc1ccc(C(=O)OC)cc1. The molecule has 212 valence electrons. The summed E-state index contributed by atoms with van der Waals surface area (Å²) in [6, 6.07) is 25.5. The Balaban J connectivity index is 1.55. The molecule has 6 heteroatoms. The number of allylic oxidation sites excluding steroid dienone is 2. The highest BCUT2D eigenvalue weighted by Crippen LogP contribution is 2.22. The van der Waals surface area contributed by atoms with E-state index in [1.165, 1.54) is 14.2 Å². The maximum absolute atomic E-state index is 11.8. The molecule has 3 aromatic carbocycles. The van der Waals surface area contributed by atoms with E-state index in [4.69, 9.17) is 18.9 Å². The second-order valence-electron chi connectivity index (χ2n) is 9.58. The Labute approximate surface area is 237 Å². The molecule has 0 fully saturated rings. The Morgan fingerprint density at radius 1 is 0.775 bits per heavy atom. The Morgan fingerprint density at radius 3 is 2.25 bits per heavy atom. The molecule has 1 unspecified atom stereocenters. The zero-order valence-electron chi connectivity index (χ0n) is 23.6. The van der Waals surface area contributed by atoms with Crippen LogP contribution in [-0.4, -0.2) is 39.4 Å². The summed E-state index contributed by atoms with van der Waals surface area (Å²) in [5.41, 5.74) is 2.82. The number of benzene rings is 3. The van der Waals surface area contributed by atoms with E-state index in [0.717, 1.165) is 61.2 Å². The fourth-order valence-electron chi connectivity index (χ4n) is 4.39. The Bertz CT molecular complexity index is 1190. The zero-order chi connectivity index (χ0) is 28.4. The minimum absolute atomic E-state index is 0.172. The molecule has 6 nitrogen and oxygen atoms in total. The van der Waals surface area contributed by atoms with Crippen LogP contribution >= 0.6 is 0 Å². The molecule has 0 aliphatic heterocycles. The first kappa shape index (κ1) is 30.5. The van der Waals surface area contributed by atoms with Crippen molar-refractivity contribution in [2.75, 3.05) is 27.4 Å². The summed E-state index contributed by atoms with van der Waals surface area (Å²) < 4.78 is 21.4. The van der Waals surface area contributed by atoms with E-state index in [1.807, 2.05) is 60.7 Å². The lowest BCUT2D eigenvalue weighted by Gasteiger charge is -2.14. The maximum atomic E-state index is 11.8. The van der Waals surface area contributed by atoms with Gasteiger partial charge in [-0.15, -0.1) is 0 Å². The molecular formula is C34H40O6. The third-order valence-corrected chi connectivity index (χ3v) is 6.58. The van der Waals surface area contributed by atoms with Gasteiger partial charge in [0.25, 0.3) is 0 Å². The average Bonchev–Trinajstić information content (AvgIpc) is 3.00. The van der Waals surface area contributed by atoms with Gasteiger partial charge in [-0.3, -0.25) is 4.79 Å². The molecule has 0 aromatic heterocycles. The van der Waals surface area contributed by atoms with Crippen LogP contribution < -0.4 is 9.47 Å². The summed E-state index contributed by atoms with van der Waals surface area (Å²) in [5, 5.41) is 0. The van der Waals surface area contributed by atoms with E-state index in [2.05, 4.69) is 18.2 Å². The van der Waals surface area contributed by atoms with Crippen LogP contribution in [0.3, 0.4) is 0 Å². The van der Waals surface area contributed by atoms with Gasteiger partial charge in [0.1, 0.15) is 11.5 Å². The number of hydrogen-bond acceptors (Lipinski definition) is 6. The van der Waals surface area contributed by atoms with Crippen molar-refractivity contribution in [3.05, 3.63) is 108 Å². The van der Waals surface area contributed by atoms with Crippen molar-refractivity contribution >= 4 is 11.9 Å². The van der Waals surface area contributed by atoms with Gasteiger partial charge in [0, 0.05) is 12.8 Å². The van der Waals surface area contributed by atoms with Crippen LogP contribution in [-0.2, 0) is 27.1 Å². The number of ether oxygens (including phenoxy) is 4. The minimum Gasteiger partial charge on any atom is -0.493 e. The molecule has 0 heterocycles. The lowest BCUT2D eigenvalue weighted by Crippen LogP contribution is -2.06. The first-order valence-corrected chi connectivity index (χ1v) is 13.9. The van der Waals surface area contributed by atoms with Crippen molar-refractivity contribution in [1.29, 1.82) is 0 Å². The number of unbranched alkanes of at least 4 members (excludes halogenated alkanes) is 1. The first-order valence-electron chi connectivity index (χ1n) is 13.9. The van der Waals surface area contributed by atoms with Crippen molar-refractivity contribution in [2.24, 2.45) is 5.92 Å². The van der Waals surface area contributed by atoms with Gasteiger partial charge in [-0.05, 0) is 73.1 Å². The predicted octanol–water partition coefficient (Wildman–Crippen LogP) is 7.01. The molecule has 0 spiro atoms. The smallest absolute Gasteiger partial charge is 0.337 e. The molecule has 0 radical (unpaired) electrons. The summed E-state index contributed by atoms with van der Waals surface area (Å²) in [6.45, 7) is 1.18. The zero-order valence-corrected chi connectivity index (χ0v) is 23.6. The molecule has 0 aliphatic carbocycles. The summed E-state index contributed by atoms with van der Waals surface area (Å²) in [5.74, 6) is 1.54. The number of rotatable bonds is 17. The van der Waals surface area contributed by atoms with Crippen LogP contribution in [0.1, 0.15) is 53.6 Å². The minimum atomic E-state index is -0.338. The first-order chi connectivity index (χ1) is 19.6. The van der Waals surface area contributed by atoms with Gasteiger partial charge in [0.05, 0.1) is 33.0 Å². The van der Waals surface area contributed by atoms with E-state index in [0.29, 0.717) is 31.1 Å². The largest absolute Gasteiger partial charge is 0.493 e. The molecule has 3 aromatic rings. The van der Waals surface area contributed by atoms with Crippen LogP contribution in [0.25, 0.3) is 0 Å². The highest BCUT2D eigenvalue weighted by Gasteiger charge is 2.10. The molecule has 0 N–H and O–H groups in total. The van der Waals surface area contributed by atoms with Crippen LogP contribution in [0.5, 0.6) is 11.5 Å².